The molecule has 0 bridgehead atoms. The topological polar surface area (TPSA) is 68.2 Å². The van der Waals surface area contributed by atoms with E-state index in [9.17, 15) is 18.0 Å². The minimum absolute atomic E-state index is 0.128. The van der Waals surface area contributed by atoms with Crippen LogP contribution in [0.2, 0.25) is 0 Å². The first-order valence-corrected chi connectivity index (χ1v) is 10.2. The number of anilines is 1. The van der Waals surface area contributed by atoms with Gasteiger partial charge < -0.3 is 9.64 Å². The minimum atomic E-state index is -4.44. The Kier molecular flexibility index (Phi) is 6.07. The molecule has 0 N–H and O–H groups in total. The molecule has 0 amide bonds. The molecule has 2 atom stereocenters. The number of pyridine rings is 1. The van der Waals surface area contributed by atoms with Crippen molar-refractivity contribution in [2.45, 2.75) is 38.1 Å². The van der Waals surface area contributed by atoms with Crippen molar-refractivity contribution in [3.05, 3.63) is 66.1 Å². The monoisotopic (exact) mass is 442 g/mol. The molecule has 1 fully saturated rings. The highest BCUT2D eigenvalue weighted by Gasteiger charge is 2.33. The van der Waals surface area contributed by atoms with Crippen molar-refractivity contribution in [1.29, 1.82) is 0 Å². The van der Waals surface area contributed by atoms with E-state index in [0.717, 1.165) is 43.6 Å². The zero-order valence-corrected chi connectivity index (χ0v) is 17.3. The Bertz CT molecular complexity index is 1070. The number of aldehydes is 1. The van der Waals surface area contributed by atoms with E-state index in [1.54, 1.807) is 30.6 Å². The van der Waals surface area contributed by atoms with Gasteiger partial charge in [0.2, 0.25) is 5.88 Å². The number of halogens is 3. The number of carbonyl (C=O) groups excluding carboxylic acids is 1. The minimum Gasteiger partial charge on any atom is -0.472 e. The van der Waals surface area contributed by atoms with Gasteiger partial charge in [0.05, 0.1) is 17.2 Å². The van der Waals surface area contributed by atoms with Gasteiger partial charge in [0.15, 0.2) is 12.1 Å². The van der Waals surface area contributed by atoms with Crippen LogP contribution in [0, 0.1) is 0 Å². The van der Waals surface area contributed by atoms with E-state index in [0.29, 0.717) is 17.0 Å². The lowest BCUT2D eigenvalue weighted by Gasteiger charge is -2.41. The van der Waals surface area contributed by atoms with Crippen LogP contribution in [0.3, 0.4) is 0 Å². The number of hydrogen-bond acceptors (Lipinski definition) is 6. The number of aromatic nitrogens is 3. The number of rotatable bonds is 5. The Morgan fingerprint density at radius 1 is 1.09 bits per heavy atom. The van der Waals surface area contributed by atoms with Crippen molar-refractivity contribution < 1.29 is 22.7 Å². The molecule has 0 saturated carbocycles. The highest BCUT2D eigenvalue weighted by Crippen LogP contribution is 2.36. The number of ether oxygens (including phenoxy) is 1. The fraction of sp³-hybridized carbons (Fsp3) is 0.304. The van der Waals surface area contributed by atoms with Gasteiger partial charge in [-0.3, -0.25) is 4.79 Å². The maximum atomic E-state index is 12.8. The molecule has 1 aliphatic heterocycles. The lowest BCUT2D eigenvalue weighted by molar-refractivity contribution is -0.137. The maximum absolute atomic E-state index is 12.8. The van der Waals surface area contributed by atoms with E-state index in [1.165, 1.54) is 6.07 Å². The molecule has 32 heavy (non-hydrogen) atoms. The van der Waals surface area contributed by atoms with Crippen molar-refractivity contribution >= 4 is 12.0 Å². The molecule has 166 valence electrons. The average Bonchev–Trinajstić information content (AvgIpc) is 2.80. The van der Waals surface area contributed by atoms with Gasteiger partial charge in [0, 0.05) is 42.5 Å². The molecule has 2 aromatic heterocycles. The molecule has 6 nitrogen and oxygen atoms in total. The van der Waals surface area contributed by atoms with Gasteiger partial charge in [-0.25, -0.2) is 15.0 Å². The normalized spacial score (nSPS) is 18.9. The van der Waals surface area contributed by atoms with Crippen LogP contribution in [0.25, 0.3) is 11.4 Å². The van der Waals surface area contributed by atoms with Crippen LogP contribution >= 0.6 is 0 Å². The fourth-order valence-corrected chi connectivity index (χ4v) is 3.95. The first-order chi connectivity index (χ1) is 15.4. The molecule has 9 heteroatoms. The molecular weight excluding hydrogens is 421 g/mol. The number of nitrogens with zero attached hydrogens (tertiary/aromatic N) is 4. The Morgan fingerprint density at radius 2 is 1.88 bits per heavy atom. The first kappa shape index (κ1) is 21.7. The van der Waals surface area contributed by atoms with Crippen molar-refractivity contribution in [3.8, 4) is 17.3 Å². The van der Waals surface area contributed by atoms with Gasteiger partial charge >= 0.3 is 6.18 Å². The fourth-order valence-electron chi connectivity index (χ4n) is 3.95. The van der Waals surface area contributed by atoms with Crippen LogP contribution in [-0.2, 0) is 6.18 Å². The predicted octanol–water partition coefficient (Wildman–Crippen LogP) is 4.81. The van der Waals surface area contributed by atoms with Crippen LogP contribution in [0.15, 0.2) is 55.0 Å². The second-order valence-electron chi connectivity index (χ2n) is 7.55. The smallest absolute Gasteiger partial charge is 0.417 e. The number of piperidine rings is 1. The van der Waals surface area contributed by atoms with Crippen molar-refractivity contribution in [2.75, 3.05) is 11.4 Å². The third kappa shape index (κ3) is 4.42. The van der Waals surface area contributed by atoms with Gasteiger partial charge in [0.25, 0.3) is 0 Å². The first-order valence-electron chi connectivity index (χ1n) is 10.2. The summed E-state index contributed by atoms with van der Waals surface area (Å²) in [6, 6.07) is 9.22. The molecule has 3 heterocycles. The third-order valence-electron chi connectivity index (χ3n) is 5.55. The van der Waals surface area contributed by atoms with Gasteiger partial charge in [-0.05, 0) is 38.0 Å². The van der Waals surface area contributed by atoms with Gasteiger partial charge in [0.1, 0.15) is 6.10 Å². The Hall–Kier alpha value is -3.49. The van der Waals surface area contributed by atoms with Crippen LogP contribution < -0.4 is 9.64 Å². The standard InChI is InChI=1S/C23H21F3N4O2/c1-15-19(32-20-9-8-17(13-29-20)23(24,25)26)7-3-12-30(15)18-6-2-5-16(14-31)21(18)22-27-10-4-11-28-22/h2,4-6,8-11,13-15,19H,3,7,12H2,1H3/t15-,19+/m0/s1. The number of carbonyl (C=O) groups is 1. The summed E-state index contributed by atoms with van der Waals surface area (Å²) < 4.78 is 44.4. The Balaban J connectivity index is 1.62. The molecule has 0 unspecified atom stereocenters. The van der Waals surface area contributed by atoms with Crippen molar-refractivity contribution in [2.24, 2.45) is 0 Å². The molecule has 0 spiro atoms. The van der Waals surface area contributed by atoms with E-state index in [4.69, 9.17) is 4.74 Å². The summed E-state index contributed by atoms with van der Waals surface area (Å²) in [6.07, 6.45) is 1.59. The van der Waals surface area contributed by atoms with Gasteiger partial charge in [-0.1, -0.05) is 12.1 Å². The maximum Gasteiger partial charge on any atom is 0.417 e. The molecule has 0 aliphatic carbocycles. The van der Waals surface area contributed by atoms with Crippen molar-refractivity contribution in [3.63, 3.8) is 0 Å². The molecule has 3 aromatic rings. The van der Waals surface area contributed by atoms with Crippen LogP contribution in [-0.4, -0.2) is 39.9 Å². The van der Waals surface area contributed by atoms with Gasteiger partial charge in [-0.2, -0.15) is 13.2 Å². The summed E-state index contributed by atoms with van der Waals surface area (Å²) in [5.41, 5.74) is 1.11. The summed E-state index contributed by atoms with van der Waals surface area (Å²) in [4.78, 5) is 26.3. The Labute approximate surface area is 183 Å². The summed E-state index contributed by atoms with van der Waals surface area (Å²) >= 11 is 0. The second-order valence-corrected chi connectivity index (χ2v) is 7.55. The van der Waals surface area contributed by atoms with Crippen LogP contribution in [0.5, 0.6) is 5.88 Å². The zero-order chi connectivity index (χ0) is 22.7. The van der Waals surface area contributed by atoms with Gasteiger partial charge in [-0.15, -0.1) is 0 Å². The highest BCUT2D eigenvalue weighted by atomic mass is 19.4. The molecule has 4 rings (SSSR count). The quantitative estimate of drug-likeness (QED) is 0.529. The summed E-state index contributed by atoms with van der Waals surface area (Å²) in [6.45, 7) is 2.71. The van der Waals surface area contributed by atoms with E-state index < -0.39 is 11.7 Å². The molecular formula is C23H21F3N4O2. The predicted molar refractivity (Wildman–Crippen MR) is 113 cm³/mol. The van der Waals surface area contributed by atoms with E-state index in [2.05, 4.69) is 19.9 Å². The molecule has 0 radical (unpaired) electrons. The largest absolute Gasteiger partial charge is 0.472 e. The highest BCUT2D eigenvalue weighted by molar-refractivity contribution is 5.92. The third-order valence-corrected chi connectivity index (χ3v) is 5.55. The molecule has 1 aromatic carbocycles. The lowest BCUT2D eigenvalue weighted by Crippen LogP contribution is -2.49. The average molecular weight is 442 g/mol. The second kappa shape index (κ2) is 8.94. The number of benzene rings is 1. The molecule has 1 aliphatic rings. The number of hydrogen-bond donors (Lipinski definition) is 0. The lowest BCUT2D eigenvalue weighted by atomic mass is 9.96. The van der Waals surface area contributed by atoms with E-state index in [-0.39, 0.29) is 18.0 Å². The summed E-state index contributed by atoms with van der Waals surface area (Å²) in [5.74, 6) is 0.592. The van der Waals surface area contributed by atoms with E-state index in [1.807, 2.05) is 13.0 Å². The molecule has 1 saturated heterocycles. The van der Waals surface area contributed by atoms with Crippen LogP contribution in [0.1, 0.15) is 35.7 Å². The Morgan fingerprint density at radius 3 is 2.53 bits per heavy atom. The van der Waals surface area contributed by atoms with Crippen molar-refractivity contribution in [1.82, 2.24) is 15.0 Å². The zero-order valence-electron chi connectivity index (χ0n) is 17.3. The SMILES string of the molecule is C[C@H]1[C@H](Oc2ccc(C(F)(F)F)cn2)CCCN1c1cccc(C=O)c1-c1ncccn1. The van der Waals surface area contributed by atoms with E-state index >= 15 is 0 Å². The number of alkyl halides is 3. The van der Waals surface area contributed by atoms with Crippen LogP contribution in [0.4, 0.5) is 18.9 Å². The summed E-state index contributed by atoms with van der Waals surface area (Å²) in [5, 5.41) is 0. The summed E-state index contributed by atoms with van der Waals surface area (Å²) in [7, 11) is 0.